The first kappa shape index (κ1) is 13.1. The molecule has 3 rings (SSSR count). The molecule has 0 radical (unpaired) electrons. The Morgan fingerprint density at radius 3 is 2.71 bits per heavy atom. The first-order valence-electron chi connectivity index (χ1n) is 6.50. The molecule has 1 heterocycles. The van der Waals surface area contributed by atoms with Gasteiger partial charge in [-0.1, -0.05) is 0 Å². The van der Waals surface area contributed by atoms with Gasteiger partial charge >= 0.3 is 0 Å². The molecule has 1 aromatic heterocycles. The molecule has 21 heavy (non-hydrogen) atoms. The number of pyridine rings is 1. The standard InChI is InChI=1S/C15H13N3O3/c1-2-21-10-4-6-13-12(8-10)15(16)11-5-3-9(18(19)20)7-14(11)17-13/h3-8H,2H2,1H3,(H2,16,17). The second-order valence-electron chi connectivity index (χ2n) is 4.60. The van der Waals surface area contributed by atoms with E-state index in [0.29, 0.717) is 28.7 Å². The Bertz CT molecular complexity index is 862. The van der Waals surface area contributed by atoms with E-state index in [2.05, 4.69) is 4.98 Å². The van der Waals surface area contributed by atoms with Crippen molar-refractivity contribution in [2.45, 2.75) is 6.92 Å². The normalized spacial score (nSPS) is 10.9. The zero-order valence-electron chi connectivity index (χ0n) is 11.4. The number of rotatable bonds is 3. The molecule has 0 fully saturated rings. The molecule has 0 atom stereocenters. The summed E-state index contributed by atoms with van der Waals surface area (Å²) in [6.45, 7) is 2.48. The van der Waals surface area contributed by atoms with Crippen LogP contribution in [-0.4, -0.2) is 16.5 Å². The van der Waals surface area contributed by atoms with Gasteiger partial charge in [-0.3, -0.25) is 10.1 Å². The number of non-ortho nitro benzene ring substituents is 1. The van der Waals surface area contributed by atoms with E-state index in [0.717, 1.165) is 11.1 Å². The Morgan fingerprint density at radius 1 is 1.19 bits per heavy atom. The van der Waals surface area contributed by atoms with Gasteiger partial charge in [0.05, 0.1) is 28.3 Å². The Morgan fingerprint density at radius 2 is 2.00 bits per heavy atom. The second kappa shape index (κ2) is 4.90. The summed E-state index contributed by atoms with van der Waals surface area (Å²) in [4.78, 5) is 14.8. The van der Waals surface area contributed by atoms with E-state index < -0.39 is 4.92 Å². The number of fused-ring (bicyclic) bond motifs is 2. The van der Waals surface area contributed by atoms with Gasteiger partial charge in [0.15, 0.2) is 0 Å². The van der Waals surface area contributed by atoms with Crippen molar-refractivity contribution in [3.05, 3.63) is 46.5 Å². The molecule has 3 aromatic rings. The molecule has 2 N–H and O–H groups in total. The molecule has 0 bridgehead atoms. The van der Waals surface area contributed by atoms with E-state index in [4.69, 9.17) is 10.5 Å². The maximum absolute atomic E-state index is 10.8. The predicted molar refractivity (Wildman–Crippen MR) is 81.5 cm³/mol. The van der Waals surface area contributed by atoms with Crippen molar-refractivity contribution in [3.8, 4) is 5.75 Å². The number of nitro benzene ring substituents is 1. The van der Waals surface area contributed by atoms with E-state index >= 15 is 0 Å². The molecule has 106 valence electrons. The lowest BCUT2D eigenvalue weighted by Gasteiger charge is -2.09. The summed E-state index contributed by atoms with van der Waals surface area (Å²) in [6, 6.07) is 9.93. The molecule has 2 aromatic carbocycles. The Hall–Kier alpha value is -2.89. The van der Waals surface area contributed by atoms with Crippen molar-refractivity contribution in [3.63, 3.8) is 0 Å². The van der Waals surface area contributed by atoms with Crippen molar-refractivity contribution >= 4 is 33.2 Å². The van der Waals surface area contributed by atoms with Crippen molar-refractivity contribution in [2.75, 3.05) is 12.3 Å². The van der Waals surface area contributed by atoms with E-state index in [1.807, 2.05) is 19.1 Å². The minimum atomic E-state index is -0.445. The minimum absolute atomic E-state index is 0.000290. The van der Waals surface area contributed by atoms with Crippen LogP contribution in [-0.2, 0) is 0 Å². The van der Waals surface area contributed by atoms with Gasteiger partial charge < -0.3 is 10.5 Å². The highest BCUT2D eigenvalue weighted by Crippen LogP contribution is 2.32. The molecular formula is C15H13N3O3. The topological polar surface area (TPSA) is 91.3 Å². The summed E-state index contributed by atoms with van der Waals surface area (Å²) in [5.41, 5.74) is 7.92. The van der Waals surface area contributed by atoms with Crippen LogP contribution in [0.1, 0.15) is 6.92 Å². The van der Waals surface area contributed by atoms with Crippen molar-refractivity contribution < 1.29 is 9.66 Å². The lowest BCUT2D eigenvalue weighted by atomic mass is 10.1. The van der Waals surface area contributed by atoms with Crippen LogP contribution in [0.15, 0.2) is 36.4 Å². The van der Waals surface area contributed by atoms with Gasteiger partial charge in [-0.15, -0.1) is 0 Å². The number of anilines is 1. The second-order valence-corrected chi connectivity index (χ2v) is 4.60. The first-order chi connectivity index (χ1) is 10.1. The number of aromatic nitrogens is 1. The third kappa shape index (κ3) is 2.20. The lowest BCUT2D eigenvalue weighted by molar-refractivity contribution is -0.384. The summed E-state index contributed by atoms with van der Waals surface area (Å²) >= 11 is 0. The maximum atomic E-state index is 10.8. The van der Waals surface area contributed by atoms with E-state index in [1.54, 1.807) is 12.1 Å². The molecule has 0 saturated heterocycles. The van der Waals surface area contributed by atoms with Crippen molar-refractivity contribution in [2.24, 2.45) is 0 Å². The molecule has 0 unspecified atom stereocenters. The molecule has 0 aliphatic rings. The largest absolute Gasteiger partial charge is 0.494 e. The third-order valence-corrected chi connectivity index (χ3v) is 3.29. The van der Waals surface area contributed by atoms with Crippen LogP contribution in [0.3, 0.4) is 0 Å². The van der Waals surface area contributed by atoms with Crippen molar-refractivity contribution in [1.82, 2.24) is 4.98 Å². The van der Waals surface area contributed by atoms with E-state index in [-0.39, 0.29) is 5.69 Å². The number of hydrogen-bond donors (Lipinski definition) is 1. The average Bonchev–Trinajstić information content (AvgIpc) is 2.48. The third-order valence-electron chi connectivity index (χ3n) is 3.29. The molecule has 0 saturated carbocycles. The summed E-state index contributed by atoms with van der Waals surface area (Å²) in [5, 5.41) is 12.3. The van der Waals surface area contributed by atoms with Crippen LogP contribution in [0.25, 0.3) is 21.8 Å². The predicted octanol–water partition coefficient (Wildman–Crippen LogP) is 3.28. The fraction of sp³-hybridized carbons (Fsp3) is 0.133. The van der Waals surface area contributed by atoms with Crippen molar-refractivity contribution in [1.29, 1.82) is 0 Å². The number of nitro groups is 1. The maximum Gasteiger partial charge on any atom is 0.271 e. The summed E-state index contributed by atoms with van der Waals surface area (Å²) < 4.78 is 5.46. The van der Waals surface area contributed by atoms with Gasteiger partial charge in [0.1, 0.15) is 5.75 Å². The molecule has 0 amide bonds. The summed E-state index contributed by atoms with van der Waals surface area (Å²) in [5.74, 6) is 0.722. The van der Waals surface area contributed by atoms with Gasteiger partial charge in [0.2, 0.25) is 0 Å². The number of nitrogens with two attached hydrogens (primary N) is 1. The van der Waals surface area contributed by atoms with Crippen LogP contribution >= 0.6 is 0 Å². The zero-order chi connectivity index (χ0) is 15.0. The monoisotopic (exact) mass is 283 g/mol. The highest BCUT2D eigenvalue weighted by molar-refractivity contribution is 6.07. The number of nitrogen functional groups attached to an aromatic ring is 1. The number of ether oxygens (including phenoxy) is 1. The number of hydrogen-bond acceptors (Lipinski definition) is 5. The molecule has 0 spiro atoms. The highest BCUT2D eigenvalue weighted by Gasteiger charge is 2.12. The van der Waals surface area contributed by atoms with Crippen LogP contribution in [0.5, 0.6) is 5.75 Å². The summed E-state index contributed by atoms with van der Waals surface area (Å²) in [6.07, 6.45) is 0. The lowest BCUT2D eigenvalue weighted by Crippen LogP contribution is -1.96. The first-order valence-corrected chi connectivity index (χ1v) is 6.50. The minimum Gasteiger partial charge on any atom is -0.494 e. The van der Waals surface area contributed by atoms with Gasteiger partial charge in [0.25, 0.3) is 5.69 Å². The van der Waals surface area contributed by atoms with Gasteiger partial charge in [0, 0.05) is 22.9 Å². The molecule has 6 heteroatoms. The molecule has 0 aliphatic heterocycles. The SMILES string of the molecule is CCOc1ccc2nc3cc([N+](=O)[O-])ccc3c(N)c2c1. The van der Waals surface area contributed by atoms with Gasteiger partial charge in [-0.25, -0.2) is 4.98 Å². The fourth-order valence-corrected chi connectivity index (χ4v) is 2.31. The van der Waals surface area contributed by atoms with E-state index in [9.17, 15) is 10.1 Å². The molecule has 0 aliphatic carbocycles. The van der Waals surface area contributed by atoms with E-state index in [1.165, 1.54) is 12.1 Å². The highest BCUT2D eigenvalue weighted by atomic mass is 16.6. The zero-order valence-corrected chi connectivity index (χ0v) is 11.4. The van der Waals surface area contributed by atoms with Crippen LogP contribution in [0.2, 0.25) is 0 Å². The number of benzene rings is 2. The van der Waals surface area contributed by atoms with Crippen LogP contribution < -0.4 is 10.5 Å². The Labute approximate surface area is 120 Å². The van der Waals surface area contributed by atoms with Gasteiger partial charge in [-0.05, 0) is 31.2 Å². The fourth-order valence-electron chi connectivity index (χ4n) is 2.31. The summed E-state index contributed by atoms with van der Waals surface area (Å²) in [7, 11) is 0. The number of nitrogens with zero attached hydrogens (tertiary/aromatic N) is 2. The van der Waals surface area contributed by atoms with Crippen LogP contribution in [0.4, 0.5) is 11.4 Å². The Balaban J connectivity index is 2.29. The Kier molecular flexibility index (Phi) is 3.06. The molecular weight excluding hydrogens is 270 g/mol. The van der Waals surface area contributed by atoms with Crippen LogP contribution in [0, 0.1) is 10.1 Å². The quantitative estimate of drug-likeness (QED) is 0.452. The van der Waals surface area contributed by atoms with Gasteiger partial charge in [-0.2, -0.15) is 0 Å². The smallest absolute Gasteiger partial charge is 0.271 e. The average molecular weight is 283 g/mol. The molecule has 6 nitrogen and oxygen atoms in total.